The van der Waals surface area contributed by atoms with Crippen LogP contribution in [0.4, 0.5) is 20.3 Å². The van der Waals surface area contributed by atoms with Crippen LogP contribution in [-0.4, -0.2) is 33.8 Å². The minimum absolute atomic E-state index is 0.0148. The van der Waals surface area contributed by atoms with Gasteiger partial charge in [0.1, 0.15) is 29.3 Å². The molecule has 1 aliphatic carbocycles. The van der Waals surface area contributed by atoms with Crippen LogP contribution < -0.4 is 16.0 Å². The maximum Gasteiger partial charge on any atom is 0.335 e. The molecule has 2 heterocycles. The van der Waals surface area contributed by atoms with Crippen molar-refractivity contribution < 1.29 is 23.5 Å². The number of benzene rings is 2. The van der Waals surface area contributed by atoms with Crippen LogP contribution in [-0.2, 0) is 4.79 Å². The van der Waals surface area contributed by atoms with Crippen molar-refractivity contribution in [2.45, 2.75) is 38.6 Å². The largest absolute Gasteiger partial charge is 0.478 e. The third-order valence-corrected chi connectivity index (χ3v) is 7.00. The Morgan fingerprint density at radius 2 is 1.88 bits per heavy atom. The van der Waals surface area contributed by atoms with Gasteiger partial charge in [0.2, 0.25) is 5.96 Å². The third kappa shape index (κ3) is 6.25. The number of aliphatic imine (C=N–C) groups is 2. The number of carbonyl (C=O) groups is 2. The number of aromatic nitrogens is 1. The number of nitrogens with zero attached hydrogens (tertiary/aromatic N) is 3. The number of nitrogens with one attached hydrogen (secondary N) is 3. The molecule has 1 saturated carbocycles. The van der Waals surface area contributed by atoms with E-state index in [1.54, 1.807) is 26.0 Å². The van der Waals surface area contributed by atoms with Gasteiger partial charge in [0.05, 0.1) is 21.8 Å². The summed E-state index contributed by atoms with van der Waals surface area (Å²) in [5.74, 6) is -1.84. The van der Waals surface area contributed by atoms with Gasteiger partial charge < -0.3 is 21.1 Å². The van der Waals surface area contributed by atoms with Crippen molar-refractivity contribution in [1.29, 1.82) is 0 Å². The highest BCUT2D eigenvalue weighted by Gasteiger charge is 2.32. The zero-order chi connectivity index (χ0) is 29.3. The summed E-state index contributed by atoms with van der Waals surface area (Å²) in [6, 6.07) is 10.2. The maximum absolute atomic E-state index is 14.5. The molecule has 12 heteroatoms. The Morgan fingerprint density at radius 1 is 1.10 bits per heavy atom. The summed E-state index contributed by atoms with van der Waals surface area (Å²) in [7, 11) is 0. The third-order valence-electron chi connectivity index (χ3n) is 6.60. The van der Waals surface area contributed by atoms with Gasteiger partial charge in [-0.2, -0.15) is 0 Å². The van der Waals surface area contributed by atoms with E-state index >= 15 is 0 Å². The van der Waals surface area contributed by atoms with Gasteiger partial charge in [0, 0.05) is 17.5 Å². The number of hydrogen-bond donors (Lipinski definition) is 4. The highest BCUT2D eigenvalue weighted by molar-refractivity contribution is 6.31. The molecule has 1 unspecified atom stereocenters. The molecule has 1 fully saturated rings. The Balaban J connectivity index is 1.47. The first-order valence-electron chi connectivity index (χ1n) is 12.7. The first-order valence-corrected chi connectivity index (χ1v) is 13.1. The van der Waals surface area contributed by atoms with E-state index in [1.165, 1.54) is 42.6 Å². The van der Waals surface area contributed by atoms with Crippen molar-refractivity contribution >= 4 is 46.8 Å². The van der Waals surface area contributed by atoms with Crippen LogP contribution in [0.2, 0.25) is 5.02 Å². The predicted octanol–water partition coefficient (Wildman–Crippen LogP) is 5.84. The number of carboxylic acids is 1. The number of halogens is 3. The molecule has 3 aromatic rings. The number of carbonyl (C=O) groups excluding carboxylic acids is 1. The molecule has 9 nitrogen and oxygen atoms in total. The molecule has 1 aliphatic heterocycles. The number of guanidine groups is 1. The summed E-state index contributed by atoms with van der Waals surface area (Å²) in [5.41, 5.74) is 2.17. The van der Waals surface area contributed by atoms with Gasteiger partial charge >= 0.3 is 5.97 Å². The SMILES string of the molecule is CC1=C(C(=O)Nc2cc(C(=O)O)ccn2)C(c2cccc(F)c2Cl)N=C(N/C(C)=N/c2ccc(F)cc2C2CC2)N1. The first kappa shape index (κ1) is 27.9. The molecule has 4 N–H and O–H groups in total. The molecule has 2 aliphatic rings. The number of hydrogen-bond acceptors (Lipinski definition) is 6. The van der Waals surface area contributed by atoms with E-state index in [2.05, 4.69) is 30.9 Å². The van der Waals surface area contributed by atoms with E-state index in [9.17, 15) is 23.5 Å². The molecule has 1 amide bonds. The van der Waals surface area contributed by atoms with Crippen molar-refractivity contribution in [3.8, 4) is 0 Å². The Morgan fingerprint density at radius 3 is 2.61 bits per heavy atom. The van der Waals surface area contributed by atoms with Crippen molar-refractivity contribution in [3.63, 3.8) is 0 Å². The fourth-order valence-electron chi connectivity index (χ4n) is 4.53. The molecule has 1 aromatic heterocycles. The number of rotatable bonds is 6. The molecule has 0 radical (unpaired) electrons. The summed E-state index contributed by atoms with van der Waals surface area (Å²) >= 11 is 6.32. The number of amidine groups is 1. The number of aromatic carboxylic acids is 1. The average molecular weight is 579 g/mol. The average Bonchev–Trinajstić information content (AvgIpc) is 3.76. The fourth-order valence-corrected chi connectivity index (χ4v) is 4.76. The molecule has 2 aromatic carbocycles. The molecule has 1 atom stereocenters. The number of carboxylic acid groups (broad SMARTS) is 1. The van der Waals surface area contributed by atoms with E-state index in [-0.39, 0.29) is 45.2 Å². The summed E-state index contributed by atoms with van der Waals surface area (Å²) in [6.07, 6.45) is 3.22. The lowest BCUT2D eigenvalue weighted by Crippen LogP contribution is -2.43. The van der Waals surface area contributed by atoms with Gasteiger partial charge in [-0.15, -0.1) is 0 Å². The number of amides is 1. The zero-order valence-corrected chi connectivity index (χ0v) is 22.8. The Hall–Kier alpha value is -4.64. The van der Waals surface area contributed by atoms with Gasteiger partial charge in [-0.3, -0.25) is 4.79 Å². The second-order valence-corrected chi connectivity index (χ2v) is 10.1. The minimum atomic E-state index is -1.18. The van der Waals surface area contributed by atoms with Gasteiger partial charge in [0.15, 0.2) is 0 Å². The smallest absolute Gasteiger partial charge is 0.335 e. The van der Waals surface area contributed by atoms with Gasteiger partial charge in [-0.1, -0.05) is 23.7 Å². The lowest BCUT2D eigenvalue weighted by molar-refractivity contribution is -0.113. The monoisotopic (exact) mass is 578 g/mol. The lowest BCUT2D eigenvalue weighted by Gasteiger charge is -2.27. The minimum Gasteiger partial charge on any atom is -0.478 e. The lowest BCUT2D eigenvalue weighted by atomic mass is 9.95. The van der Waals surface area contributed by atoms with Gasteiger partial charge in [-0.05, 0) is 74.6 Å². The topological polar surface area (TPSA) is 128 Å². The predicted molar refractivity (Wildman–Crippen MR) is 152 cm³/mol. The molecule has 5 rings (SSSR count). The molecule has 0 spiro atoms. The standard InChI is InChI=1S/C29H25ClF2N6O3/c1-14-24(27(39)37-23-12-17(28(40)41)10-11-33-23)26(19-4-3-5-21(32)25(19)30)38-29(34-14)36-15(2)35-22-9-8-18(31)13-20(22)16-6-7-16/h3-5,8-13,16,26H,6-7H2,1-2H3,(H,40,41)(H,33,37,39)(H2,34,35,36,38). The quantitative estimate of drug-likeness (QED) is 0.215. The van der Waals surface area contributed by atoms with Crippen molar-refractivity contribution in [1.82, 2.24) is 15.6 Å². The summed E-state index contributed by atoms with van der Waals surface area (Å²) in [4.78, 5) is 38.1. The first-order chi connectivity index (χ1) is 19.6. The summed E-state index contributed by atoms with van der Waals surface area (Å²) < 4.78 is 28.3. The Labute approximate surface area is 239 Å². The summed E-state index contributed by atoms with van der Waals surface area (Å²) in [5, 5.41) is 17.8. The van der Waals surface area contributed by atoms with E-state index < -0.39 is 23.7 Å². The van der Waals surface area contributed by atoms with Crippen LogP contribution in [0.1, 0.15) is 60.1 Å². The van der Waals surface area contributed by atoms with E-state index in [0.29, 0.717) is 17.2 Å². The van der Waals surface area contributed by atoms with Crippen LogP contribution in [0.15, 0.2) is 76.0 Å². The summed E-state index contributed by atoms with van der Waals surface area (Å²) in [6.45, 7) is 3.36. The van der Waals surface area contributed by atoms with E-state index in [4.69, 9.17) is 11.6 Å². The van der Waals surface area contributed by atoms with Crippen LogP contribution in [0.5, 0.6) is 0 Å². The number of pyridine rings is 1. The number of anilines is 1. The van der Waals surface area contributed by atoms with Crippen LogP contribution in [0.3, 0.4) is 0 Å². The van der Waals surface area contributed by atoms with Crippen LogP contribution in [0.25, 0.3) is 0 Å². The second kappa shape index (κ2) is 11.5. The maximum atomic E-state index is 14.5. The molecular formula is C29H25ClF2N6O3. The van der Waals surface area contributed by atoms with E-state index in [1.807, 2.05) is 0 Å². The van der Waals surface area contributed by atoms with Crippen LogP contribution in [0, 0.1) is 11.6 Å². The van der Waals surface area contributed by atoms with Gasteiger partial charge in [0.25, 0.3) is 5.91 Å². The van der Waals surface area contributed by atoms with Gasteiger partial charge in [-0.25, -0.2) is 28.5 Å². The molecule has 0 saturated heterocycles. The number of allylic oxidation sites excluding steroid dienone is 1. The Bertz CT molecular complexity index is 1650. The van der Waals surface area contributed by atoms with Crippen molar-refractivity contribution in [3.05, 3.63) is 99.3 Å². The van der Waals surface area contributed by atoms with Crippen molar-refractivity contribution in [2.75, 3.05) is 5.32 Å². The van der Waals surface area contributed by atoms with E-state index in [0.717, 1.165) is 18.4 Å². The zero-order valence-electron chi connectivity index (χ0n) is 22.0. The highest BCUT2D eigenvalue weighted by Crippen LogP contribution is 2.44. The fraction of sp³-hybridized carbons (Fsp3) is 0.207. The highest BCUT2D eigenvalue weighted by atomic mass is 35.5. The molecule has 0 bridgehead atoms. The van der Waals surface area contributed by atoms with Crippen molar-refractivity contribution in [2.24, 2.45) is 9.98 Å². The molecule has 210 valence electrons. The molecule has 41 heavy (non-hydrogen) atoms. The van der Waals surface area contributed by atoms with Crippen LogP contribution >= 0.6 is 11.6 Å². The normalized spacial score (nSPS) is 17.0. The molecular weight excluding hydrogens is 554 g/mol. The second-order valence-electron chi connectivity index (χ2n) is 9.68. The Kier molecular flexibility index (Phi) is 7.80.